The van der Waals surface area contributed by atoms with Crippen LogP contribution in [0.2, 0.25) is 0 Å². The summed E-state index contributed by atoms with van der Waals surface area (Å²) in [6.07, 6.45) is 11.5. The average molecular weight is 648 g/mol. The Bertz CT molecular complexity index is 2360. The van der Waals surface area contributed by atoms with Crippen LogP contribution in [0, 0.1) is 6.33 Å². The van der Waals surface area contributed by atoms with Crippen LogP contribution in [0.25, 0.3) is 50.3 Å². The van der Waals surface area contributed by atoms with E-state index in [4.69, 9.17) is 4.98 Å². The molecule has 0 fully saturated rings. The predicted octanol–water partition coefficient (Wildman–Crippen LogP) is 9.71. The van der Waals surface area contributed by atoms with Crippen LogP contribution in [0.3, 0.4) is 0 Å². The fourth-order valence-electron chi connectivity index (χ4n) is 6.59. The number of fused-ring (bicyclic) bond motifs is 2. The summed E-state index contributed by atoms with van der Waals surface area (Å²) in [4.78, 5) is 9.36. The summed E-state index contributed by atoms with van der Waals surface area (Å²) in [6, 6.07) is 27.3. The summed E-state index contributed by atoms with van der Waals surface area (Å²) in [5, 5.41) is 13.0. The standard InChI is InChI=1S/C43H45N5O/c1-41(2,3)28-18-21-45-33(23-28)31-26-46(39-25-44-20-19-30(31)39)34-14-10-11-15-35(34)47-27-48(37-17-13-12-16-36(37)47)38-24-29(42(4,5)6)22-32(40(38)49)43(7,8)9/h10-26,49H,1-9H3. The van der Waals surface area contributed by atoms with Crippen molar-refractivity contribution in [3.05, 3.63) is 127 Å². The highest BCUT2D eigenvalue weighted by molar-refractivity contribution is 5.96. The van der Waals surface area contributed by atoms with Crippen molar-refractivity contribution in [2.75, 3.05) is 0 Å². The minimum absolute atomic E-state index is 0.000614. The molecule has 4 aromatic heterocycles. The Morgan fingerprint density at radius 1 is 0.694 bits per heavy atom. The van der Waals surface area contributed by atoms with Gasteiger partial charge in [-0.15, -0.1) is 0 Å². The highest BCUT2D eigenvalue weighted by Crippen LogP contribution is 2.40. The molecule has 0 atom stereocenters. The summed E-state index contributed by atoms with van der Waals surface area (Å²) in [7, 11) is 0. The SMILES string of the molecule is CC(C)(C)c1ccnc(-c2cn(-c3ccccc3-[n+]3[c-]n(-c4cc(C(C)(C)C)cc(C(C)(C)C)c4O)c4ccccc43)c3cnccc23)c1. The molecule has 0 spiro atoms. The quantitative estimate of drug-likeness (QED) is 0.153. The molecule has 0 amide bonds. The van der Waals surface area contributed by atoms with Gasteiger partial charge in [0.25, 0.3) is 6.33 Å². The summed E-state index contributed by atoms with van der Waals surface area (Å²) < 4.78 is 6.32. The molecule has 0 aliphatic heterocycles. The molecule has 0 bridgehead atoms. The molecule has 0 aliphatic rings. The largest absolute Gasteiger partial charge is 0.511 e. The monoisotopic (exact) mass is 647 g/mol. The number of aromatic hydroxyl groups is 1. The number of phenolic OH excluding ortho intramolecular Hbond substituents is 1. The van der Waals surface area contributed by atoms with Gasteiger partial charge in [-0.2, -0.15) is 0 Å². The summed E-state index contributed by atoms with van der Waals surface area (Å²) >= 11 is 0. The molecule has 0 radical (unpaired) electrons. The lowest BCUT2D eigenvalue weighted by atomic mass is 9.79. The van der Waals surface area contributed by atoms with E-state index in [-0.39, 0.29) is 22.0 Å². The number of imidazole rings is 1. The van der Waals surface area contributed by atoms with E-state index < -0.39 is 0 Å². The number of aromatic nitrogens is 5. The molecule has 7 rings (SSSR count). The van der Waals surface area contributed by atoms with Crippen LogP contribution in [-0.2, 0) is 16.2 Å². The Hall–Kier alpha value is -5.23. The van der Waals surface area contributed by atoms with Gasteiger partial charge in [-0.1, -0.05) is 105 Å². The van der Waals surface area contributed by atoms with Gasteiger partial charge in [-0.05, 0) is 69.3 Å². The Balaban J connectivity index is 1.47. The first-order valence-corrected chi connectivity index (χ1v) is 17.0. The van der Waals surface area contributed by atoms with Gasteiger partial charge in [0.15, 0.2) is 0 Å². The Labute approximate surface area is 289 Å². The fourth-order valence-corrected chi connectivity index (χ4v) is 6.59. The Morgan fingerprint density at radius 2 is 1.41 bits per heavy atom. The first kappa shape index (κ1) is 32.3. The number of nitrogens with zero attached hydrogens (tertiary/aromatic N) is 5. The number of rotatable bonds is 4. The molecule has 0 saturated heterocycles. The molecule has 0 aliphatic carbocycles. The molecule has 1 N–H and O–H groups in total. The lowest BCUT2D eigenvalue weighted by molar-refractivity contribution is -0.572. The Kier molecular flexibility index (Phi) is 7.55. The van der Waals surface area contributed by atoms with E-state index in [1.165, 1.54) is 5.56 Å². The number of pyridine rings is 2. The maximum absolute atomic E-state index is 11.9. The zero-order valence-electron chi connectivity index (χ0n) is 30.0. The minimum Gasteiger partial charge on any atom is -0.511 e. The van der Waals surface area contributed by atoms with Crippen LogP contribution in [0.1, 0.15) is 79.0 Å². The van der Waals surface area contributed by atoms with Gasteiger partial charge < -0.3 is 9.67 Å². The third kappa shape index (κ3) is 5.69. The zero-order valence-corrected chi connectivity index (χ0v) is 30.0. The topological polar surface area (TPSA) is 59.8 Å². The normalized spacial score (nSPS) is 12.7. The molecule has 4 heterocycles. The number of hydrogen-bond donors (Lipinski definition) is 1. The molecule has 6 nitrogen and oxygen atoms in total. The smallest absolute Gasteiger partial charge is 0.270 e. The Morgan fingerprint density at radius 3 is 2.14 bits per heavy atom. The first-order chi connectivity index (χ1) is 23.1. The lowest BCUT2D eigenvalue weighted by Crippen LogP contribution is -2.31. The number of hydrogen-bond acceptors (Lipinski definition) is 3. The van der Waals surface area contributed by atoms with Crippen LogP contribution in [0.5, 0.6) is 5.75 Å². The van der Waals surface area contributed by atoms with Gasteiger partial charge in [0, 0.05) is 29.5 Å². The van der Waals surface area contributed by atoms with Crippen LogP contribution in [0.15, 0.2) is 104 Å². The van der Waals surface area contributed by atoms with Crippen molar-refractivity contribution in [2.24, 2.45) is 0 Å². The first-order valence-electron chi connectivity index (χ1n) is 17.0. The van der Waals surface area contributed by atoms with E-state index in [9.17, 15) is 5.11 Å². The predicted molar refractivity (Wildman–Crippen MR) is 199 cm³/mol. The van der Waals surface area contributed by atoms with Crippen molar-refractivity contribution in [3.63, 3.8) is 0 Å². The molecule has 0 saturated carbocycles. The van der Waals surface area contributed by atoms with Crippen LogP contribution < -0.4 is 4.57 Å². The van der Waals surface area contributed by atoms with Gasteiger partial charge in [0.05, 0.1) is 39.8 Å². The molecular weight excluding hydrogens is 603 g/mol. The maximum atomic E-state index is 11.9. The van der Waals surface area contributed by atoms with E-state index in [0.29, 0.717) is 5.69 Å². The van der Waals surface area contributed by atoms with Gasteiger partial charge in [0.2, 0.25) is 0 Å². The van der Waals surface area contributed by atoms with Crippen LogP contribution >= 0.6 is 0 Å². The van der Waals surface area contributed by atoms with Gasteiger partial charge >= 0.3 is 0 Å². The molecule has 49 heavy (non-hydrogen) atoms. The minimum atomic E-state index is -0.256. The van der Waals surface area contributed by atoms with Crippen molar-refractivity contribution in [3.8, 4) is 34.1 Å². The molecule has 0 unspecified atom stereocenters. The van der Waals surface area contributed by atoms with E-state index in [0.717, 1.165) is 55.7 Å². The highest BCUT2D eigenvalue weighted by atomic mass is 16.3. The number of para-hydroxylation sites is 4. The van der Waals surface area contributed by atoms with Crippen LogP contribution in [0.4, 0.5) is 0 Å². The molecule has 7 aromatic rings. The second-order valence-corrected chi connectivity index (χ2v) is 16.1. The maximum Gasteiger partial charge on any atom is 0.270 e. The fraction of sp³-hybridized carbons (Fsp3) is 0.279. The average Bonchev–Trinajstić information content (AvgIpc) is 3.63. The van der Waals surface area contributed by atoms with Crippen molar-refractivity contribution >= 4 is 21.9 Å². The third-order valence-electron chi connectivity index (χ3n) is 9.46. The molecule has 248 valence electrons. The van der Waals surface area contributed by atoms with Crippen molar-refractivity contribution in [1.82, 2.24) is 19.1 Å². The second-order valence-electron chi connectivity index (χ2n) is 16.1. The summed E-state index contributed by atoms with van der Waals surface area (Å²) in [6.45, 7) is 19.7. The van der Waals surface area contributed by atoms with E-state index in [2.05, 4.69) is 156 Å². The lowest BCUT2D eigenvalue weighted by Gasteiger charge is -2.27. The van der Waals surface area contributed by atoms with Crippen LogP contribution in [-0.4, -0.2) is 24.2 Å². The van der Waals surface area contributed by atoms with Crippen molar-refractivity contribution in [2.45, 2.75) is 78.6 Å². The van der Waals surface area contributed by atoms with E-state index in [1.807, 2.05) is 35.3 Å². The zero-order chi connectivity index (χ0) is 34.9. The van der Waals surface area contributed by atoms with Gasteiger partial charge in [-0.3, -0.25) is 19.1 Å². The van der Waals surface area contributed by atoms with Gasteiger partial charge in [-0.25, -0.2) is 0 Å². The van der Waals surface area contributed by atoms with Crippen molar-refractivity contribution < 1.29 is 9.67 Å². The van der Waals surface area contributed by atoms with Gasteiger partial charge in [0.1, 0.15) is 11.4 Å². The molecular formula is C43H45N5O. The van der Waals surface area contributed by atoms with Crippen molar-refractivity contribution in [1.29, 1.82) is 0 Å². The molecule has 6 heteroatoms. The van der Waals surface area contributed by atoms with E-state index in [1.54, 1.807) is 0 Å². The third-order valence-corrected chi connectivity index (χ3v) is 9.46. The number of phenols is 1. The highest BCUT2D eigenvalue weighted by Gasteiger charge is 2.27. The number of benzene rings is 3. The summed E-state index contributed by atoms with van der Waals surface area (Å²) in [5.41, 5.74) is 10.5. The summed E-state index contributed by atoms with van der Waals surface area (Å²) in [5.74, 6) is 0.273. The van der Waals surface area contributed by atoms with E-state index >= 15 is 0 Å². The second kappa shape index (κ2) is 11.4. The molecule has 3 aromatic carbocycles.